The molecule has 0 aliphatic carbocycles. The van der Waals surface area contributed by atoms with Crippen molar-refractivity contribution in [3.63, 3.8) is 0 Å². The number of nitrogens with one attached hydrogen (secondary N) is 1. The Labute approximate surface area is 90.4 Å². The van der Waals surface area contributed by atoms with Gasteiger partial charge in [-0.05, 0) is 25.8 Å². The van der Waals surface area contributed by atoms with Crippen molar-refractivity contribution in [2.24, 2.45) is 0 Å². The lowest BCUT2D eigenvalue weighted by Crippen LogP contribution is -2.53. The van der Waals surface area contributed by atoms with Crippen LogP contribution in [-0.2, 0) is 9.84 Å². The van der Waals surface area contributed by atoms with E-state index in [4.69, 9.17) is 0 Å². The number of sulfone groups is 1. The molecule has 2 rings (SSSR count). The highest BCUT2D eigenvalue weighted by Gasteiger charge is 2.45. The highest BCUT2D eigenvalue weighted by molar-refractivity contribution is 7.91. The van der Waals surface area contributed by atoms with Crippen LogP contribution < -0.4 is 5.32 Å². The average molecular weight is 242 g/mol. The van der Waals surface area contributed by atoms with E-state index in [1.165, 1.54) is 0 Å². The smallest absolute Gasteiger partial charge is 0.150 e. The van der Waals surface area contributed by atoms with E-state index in [0.717, 1.165) is 13.0 Å². The number of aliphatic hydroxyl groups excluding tert-OH is 1. The molecule has 2 aliphatic rings. The molecule has 2 saturated heterocycles. The van der Waals surface area contributed by atoms with Crippen LogP contribution in [0.3, 0.4) is 0 Å². The van der Waals surface area contributed by atoms with Gasteiger partial charge in [0.05, 0.1) is 17.6 Å². The first-order valence-electron chi connectivity index (χ1n) is 4.68. The number of hydrogen-bond acceptors (Lipinski definition) is 4. The van der Waals surface area contributed by atoms with Gasteiger partial charge in [-0.25, -0.2) is 8.42 Å². The van der Waals surface area contributed by atoms with Gasteiger partial charge < -0.3 is 10.4 Å². The third-order valence-electron chi connectivity index (χ3n) is 3.25. The van der Waals surface area contributed by atoms with Crippen molar-refractivity contribution in [1.29, 1.82) is 0 Å². The van der Waals surface area contributed by atoms with E-state index < -0.39 is 9.84 Å². The van der Waals surface area contributed by atoms with Gasteiger partial charge in [0.15, 0.2) is 0 Å². The number of halogens is 1. The quantitative estimate of drug-likeness (QED) is 0.612. The molecule has 0 amide bonds. The fraction of sp³-hybridized carbons (Fsp3) is 1.00. The van der Waals surface area contributed by atoms with Gasteiger partial charge in [-0.3, -0.25) is 0 Å². The van der Waals surface area contributed by atoms with Crippen LogP contribution in [0.4, 0.5) is 0 Å². The van der Waals surface area contributed by atoms with Gasteiger partial charge in [0.2, 0.25) is 0 Å². The minimum absolute atomic E-state index is 0. The second-order valence-electron chi connectivity index (χ2n) is 4.04. The highest BCUT2D eigenvalue weighted by atomic mass is 35.5. The van der Waals surface area contributed by atoms with E-state index in [-0.39, 0.29) is 35.6 Å². The molecule has 0 aromatic heterocycles. The first-order valence-corrected chi connectivity index (χ1v) is 6.50. The summed E-state index contributed by atoms with van der Waals surface area (Å²) >= 11 is 0. The zero-order valence-electron chi connectivity index (χ0n) is 7.90. The zero-order chi connectivity index (χ0) is 9.53. The maximum absolute atomic E-state index is 11.2. The van der Waals surface area contributed by atoms with Crippen LogP contribution in [0.25, 0.3) is 0 Å². The fourth-order valence-electron chi connectivity index (χ4n) is 2.26. The van der Waals surface area contributed by atoms with Crippen LogP contribution in [-0.4, -0.2) is 43.2 Å². The highest BCUT2D eigenvalue weighted by Crippen LogP contribution is 2.31. The zero-order valence-corrected chi connectivity index (χ0v) is 9.53. The maximum atomic E-state index is 11.2. The van der Waals surface area contributed by atoms with Crippen molar-refractivity contribution in [1.82, 2.24) is 5.32 Å². The topological polar surface area (TPSA) is 66.4 Å². The molecule has 2 heterocycles. The summed E-state index contributed by atoms with van der Waals surface area (Å²) in [5, 5.41) is 13.0. The average Bonchev–Trinajstić information content (AvgIpc) is 2.41. The van der Waals surface area contributed by atoms with Crippen LogP contribution in [0.5, 0.6) is 0 Å². The van der Waals surface area contributed by atoms with Gasteiger partial charge in [0, 0.05) is 5.54 Å². The molecule has 84 valence electrons. The Kier molecular flexibility index (Phi) is 3.46. The molecule has 0 aromatic carbocycles. The molecule has 0 radical (unpaired) electrons. The molecule has 1 atom stereocenters. The number of rotatable bonds is 0. The second kappa shape index (κ2) is 3.96. The first kappa shape index (κ1) is 12.2. The molecule has 1 spiro atoms. The maximum Gasteiger partial charge on any atom is 0.150 e. The van der Waals surface area contributed by atoms with E-state index in [9.17, 15) is 13.5 Å². The monoisotopic (exact) mass is 241 g/mol. The molecule has 2 N–H and O–H groups in total. The molecule has 14 heavy (non-hydrogen) atoms. The standard InChI is InChI=1S/C8H15NO3S.ClH/c10-7-1-4-9-8(7)2-5-13(11,12)6-3-8;/h7,9-10H,1-6H2;1H. The lowest BCUT2D eigenvalue weighted by Gasteiger charge is -2.36. The molecule has 1 unspecified atom stereocenters. The van der Waals surface area contributed by atoms with Crippen LogP contribution >= 0.6 is 12.4 Å². The summed E-state index contributed by atoms with van der Waals surface area (Å²) in [6.07, 6.45) is 1.52. The second-order valence-corrected chi connectivity index (χ2v) is 6.34. The summed E-state index contributed by atoms with van der Waals surface area (Å²) in [6.45, 7) is 0.807. The van der Waals surface area contributed by atoms with Crippen LogP contribution in [0.15, 0.2) is 0 Å². The van der Waals surface area contributed by atoms with Gasteiger partial charge in [-0.2, -0.15) is 0 Å². The predicted molar refractivity (Wildman–Crippen MR) is 56.5 cm³/mol. The van der Waals surface area contributed by atoms with Crippen LogP contribution in [0.2, 0.25) is 0 Å². The summed E-state index contributed by atoms with van der Waals surface area (Å²) in [4.78, 5) is 0. The predicted octanol–water partition coefficient (Wildman–Crippen LogP) is -0.290. The number of aliphatic hydroxyl groups is 1. The van der Waals surface area contributed by atoms with Gasteiger partial charge >= 0.3 is 0 Å². The molecule has 4 nitrogen and oxygen atoms in total. The lowest BCUT2D eigenvalue weighted by atomic mass is 9.88. The SMILES string of the molecule is Cl.O=S1(=O)CCC2(CC1)NCCC2O. The minimum atomic E-state index is -2.82. The molecule has 0 aromatic rings. The molecular weight excluding hydrogens is 226 g/mol. The number of hydrogen-bond donors (Lipinski definition) is 2. The van der Waals surface area contributed by atoms with E-state index in [1.54, 1.807) is 0 Å². The molecule has 2 fully saturated rings. The summed E-state index contributed by atoms with van der Waals surface area (Å²) < 4.78 is 22.4. The molecular formula is C8H16ClNO3S. The van der Waals surface area contributed by atoms with Crippen molar-refractivity contribution in [2.45, 2.75) is 30.9 Å². The molecule has 0 bridgehead atoms. The van der Waals surface area contributed by atoms with E-state index in [1.807, 2.05) is 0 Å². The summed E-state index contributed by atoms with van der Waals surface area (Å²) in [6, 6.07) is 0. The van der Waals surface area contributed by atoms with E-state index in [2.05, 4.69) is 5.32 Å². The summed E-state index contributed by atoms with van der Waals surface area (Å²) in [7, 11) is -2.82. The summed E-state index contributed by atoms with van der Waals surface area (Å²) in [5.74, 6) is 0.439. The van der Waals surface area contributed by atoms with Gasteiger partial charge in [-0.1, -0.05) is 0 Å². The normalized spacial score (nSPS) is 33.9. The first-order chi connectivity index (χ1) is 6.04. The fourth-order valence-corrected chi connectivity index (χ4v) is 3.82. The Bertz CT molecular complexity index is 290. The van der Waals surface area contributed by atoms with Crippen molar-refractivity contribution in [3.8, 4) is 0 Å². The van der Waals surface area contributed by atoms with Crippen molar-refractivity contribution >= 4 is 22.2 Å². The van der Waals surface area contributed by atoms with Gasteiger partial charge in [-0.15, -0.1) is 12.4 Å². The van der Waals surface area contributed by atoms with Gasteiger partial charge in [0.1, 0.15) is 9.84 Å². The Morgan fingerprint density at radius 1 is 1.29 bits per heavy atom. The Hall–Kier alpha value is 0.160. The molecule has 2 aliphatic heterocycles. The van der Waals surface area contributed by atoms with Crippen LogP contribution in [0.1, 0.15) is 19.3 Å². The van der Waals surface area contributed by atoms with Crippen molar-refractivity contribution < 1.29 is 13.5 Å². The Morgan fingerprint density at radius 3 is 2.29 bits per heavy atom. The largest absolute Gasteiger partial charge is 0.391 e. The van der Waals surface area contributed by atoms with Crippen molar-refractivity contribution in [3.05, 3.63) is 0 Å². The van der Waals surface area contributed by atoms with E-state index in [0.29, 0.717) is 12.8 Å². The Balaban J connectivity index is 0.000000980. The third kappa shape index (κ3) is 2.05. The summed E-state index contributed by atoms with van der Waals surface area (Å²) in [5.41, 5.74) is -0.286. The lowest BCUT2D eigenvalue weighted by molar-refractivity contribution is 0.0899. The van der Waals surface area contributed by atoms with E-state index >= 15 is 0 Å². The molecule has 6 heteroatoms. The van der Waals surface area contributed by atoms with Gasteiger partial charge in [0.25, 0.3) is 0 Å². The Morgan fingerprint density at radius 2 is 1.86 bits per heavy atom. The van der Waals surface area contributed by atoms with Crippen LogP contribution in [0, 0.1) is 0 Å². The minimum Gasteiger partial charge on any atom is -0.391 e. The van der Waals surface area contributed by atoms with Crippen molar-refractivity contribution in [2.75, 3.05) is 18.1 Å². The molecule has 0 saturated carbocycles. The third-order valence-corrected chi connectivity index (χ3v) is 4.90.